The molecule has 1 saturated heterocycles. The number of piperidine rings is 1. The van der Waals surface area contributed by atoms with E-state index in [1.807, 2.05) is 12.1 Å². The zero-order valence-electron chi connectivity index (χ0n) is 12.2. The molecule has 5 heteroatoms. The van der Waals surface area contributed by atoms with Gasteiger partial charge in [0.25, 0.3) is 5.69 Å². The summed E-state index contributed by atoms with van der Waals surface area (Å²) in [6, 6.07) is 7.30. The van der Waals surface area contributed by atoms with E-state index in [0.717, 1.165) is 25.3 Å². The van der Waals surface area contributed by atoms with Gasteiger partial charge in [-0.1, -0.05) is 0 Å². The van der Waals surface area contributed by atoms with Crippen LogP contribution in [0.5, 0.6) is 0 Å². The number of anilines is 1. The summed E-state index contributed by atoms with van der Waals surface area (Å²) in [6.07, 6.45) is 2.41. The van der Waals surface area contributed by atoms with E-state index in [-0.39, 0.29) is 10.6 Å². The standard InChI is InChI=1S/C15H23N3O2/c1-12(2)17(11-13-7-9-16-10-8-13)14-3-5-15(6-4-14)18(19)20/h3-6,12-13,16H,7-11H2,1-2H3. The molecule has 1 heterocycles. The molecule has 1 N–H and O–H groups in total. The summed E-state index contributed by atoms with van der Waals surface area (Å²) >= 11 is 0. The fourth-order valence-electron chi connectivity index (χ4n) is 2.72. The third-order valence-corrected chi connectivity index (χ3v) is 3.93. The number of non-ortho nitro benzene ring substituents is 1. The predicted octanol–water partition coefficient (Wildman–Crippen LogP) is 2.81. The van der Waals surface area contributed by atoms with Crippen LogP contribution in [0.4, 0.5) is 11.4 Å². The highest BCUT2D eigenvalue weighted by atomic mass is 16.6. The number of hydrogen-bond acceptors (Lipinski definition) is 4. The monoisotopic (exact) mass is 277 g/mol. The summed E-state index contributed by atoms with van der Waals surface area (Å²) < 4.78 is 0. The van der Waals surface area contributed by atoms with Crippen molar-refractivity contribution in [2.75, 3.05) is 24.5 Å². The van der Waals surface area contributed by atoms with E-state index in [2.05, 4.69) is 24.1 Å². The SMILES string of the molecule is CC(C)N(CC1CCNCC1)c1ccc([N+](=O)[O-])cc1. The number of nitro benzene ring substituents is 1. The second-order valence-corrected chi connectivity index (χ2v) is 5.71. The molecule has 1 fully saturated rings. The van der Waals surface area contributed by atoms with Crippen molar-refractivity contribution < 1.29 is 4.92 Å². The quantitative estimate of drug-likeness (QED) is 0.664. The molecule has 0 radical (unpaired) electrons. The first-order valence-corrected chi connectivity index (χ1v) is 7.29. The van der Waals surface area contributed by atoms with Crippen LogP contribution in [0, 0.1) is 16.0 Å². The maximum absolute atomic E-state index is 10.7. The minimum Gasteiger partial charge on any atom is -0.369 e. The molecule has 1 aromatic carbocycles. The van der Waals surface area contributed by atoms with Crippen molar-refractivity contribution in [2.45, 2.75) is 32.7 Å². The van der Waals surface area contributed by atoms with E-state index in [1.165, 1.54) is 12.8 Å². The number of nitrogens with one attached hydrogen (secondary N) is 1. The Morgan fingerprint density at radius 3 is 2.40 bits per heavy atom. The molecule has 0 unspecified atom stereocenters. The first-order chi connectivity index (χ1) is 9.58. The van der Waals surface area contributed by atoms with Crippen LogP contribution < -0.4 is 10.2 Å². The molecule has 1 aliphatic rings. The molecule has 1 aliphatic heterocycles. The summed E-state index contributed by atoms with van der Waals surface area (Å²) in [5.41, 5.74) is 1.23. The average Bonchev–Trinajstić information content (AvgIpc) is 2.45. The summed E-state index contributed by atoms with van der Waals surface area (Å²) in [6.45, 7) is 7.55. The van der Waals surface area contributed by atoms with Gasteiger partial charge in [0.2, 0.25) is 0 Å². The number of benzene rings is 1. The average molecular weight is 277 g/mol. The number of nitro groups is 1. The molecule has 0 spiro atoms. The zero-order chi connectivity index (χ0) is 14.5. The lowest BCUT2D eigenvalue weighted by atomic mass is 9.96. The lowest BCUT2D eigenvalue weighted by molar-refractivity contribution is -0.384. The summed E-state index contributed by atoms with van der Waals surface area (Å²) in [5, 5.41) is 14.1. The largest absolute Gasteiger partial charge is 0.369 e. The van der Waals surface area contributed by atoms with Gasteiger partial charge in [-0.2, -0.15) is 0 Å². The van der Waals surface area contributed by atoms with Crippen LogP contribution in [-0.4, -0.2) is 30.6 Å². The van der Waals surface area contributed by atoms with Crippen LogP contribution >= 0.6 is 0 Å². The highest BCUT2D eigenvalue weighted by Gasteiger charge is 2.19. The smallest absolute Gasteiger partial charge is 0.269 e. The first kappa shape index (κ1) is 14.8. The Morgan fingerprint density at radius 1 is 1.30 bits per heavy atom. The molecule has 0 aromatic heterocycles. The Kier molecular flexibility index (Phi) is 4.95. The maximum Gasteiger partial charge on any atom is 0.269 e. The van der Waals surface area contributed by atoms with Crippen molar-refractivity contribution in [3.63, 3.8) is 0 Å². The molecule has 0 saturated carbocycles. The number of rotatable bonds is 5. The first-order valence-electron chi connectivity index (χ1n) is 7.29. The fraction of sp³-hybridized carbons (Fsp3) is 0.600. The highest BCUT2D eigenvalue weighted by molar-refractivity contribution is 5.51. The topological polar surface area (TPSA) is 58.4 Å². The molecule has 5 nitrogen and oxygen atoms in total. The van der Waals surface area contributed by atoms with Gasteiger partial charge >= 0.3 is 0 Å². The summed E-state index contributed by atoms with van der Waals surface area (Å²) in [7, 11) is 0. The third-order valence-electron chi connectivity index (χ3n) is 3.93. The van der Waals surface area contributed by atoms with Crippen molar-refractivity contribution in [3.05, 3.63) is 34.4 Å². The molecular weight excluding hydrogens is 254 g/mol. The molecule has 2 rings (SSSR count). The second kappa shape index (κ2) is 6.70. The van der Waals surface area contributed by atoms with Crippen LogP contribution in [0.25, 0.3) is 0 Å². The molecule has 0 atom stereocenters. The third kappa shape index (κ3) is 3.70. The summed E-state index contributed by atoms with van der Waals surface area (Å²) in [4.78, 5) is 12.7. The van der Waals surface area contributed by atoms with Gasteiger partial charge in [-0.25, -0.2) is 0 Å². The second-order valence-electron chi connectivity index (χ2n) is 5.71. The van der Waals surface area contributed by atoms with Gasteiger partial charge in [0, 0.05) is 30.4 Å². The lowest BCUT2D eigenvalue weighted by Gasteiger charge is -2.34. The van der Waals surface area contributed by atoms with E-state index < -0.39 is 0 Å². The van der Waals surface area contributed by atoms with E-state index in [1.54, 1.807) is 12.1 Å². The van der Waals surface area contributed by atoms with Crippen molar-refractivity contribution in [1.82, 2.24) is 5.32 Å². The van der Waals surface area contributed by atoms with Crippen molar-refractivity contribution in [1.29, 1.82) is 0 Å². The van der Waals surface area contributed by atoms with E-state index in [4.69, 9.17) is 0 Å². The van der Waals surface area contributed by atoms with E-state index >= 15 is 0 Å². The van der Waals surface area contributed by atoms with Crippen LogP contribution in [0.1, 0.15) is 26.7 Å². The van der Waals surface area contributed by atoms with Gasteiger partial charge in [-0.3, -0.25) is 10.1 Å². The number of hydrogen-bond donors (Lipinski definition) is 1. The zero-order valence-corrected chi connectivity index (χ0v) is 12.2. The van der Waals surface area contributed by atoms with Gasteiger partial charge in [-0.15, -0.1) is 0 Å². The summed E-state index contributed by atoms with van der Waals surface area (Å²) in [5.74, 6) is 0.703. The van der Waals surface area contributed by atoms with Gasteiger partial charge in [0.05, 0.1) is 4.92 Å². The molecule has 0 aliphatic carbocycles. The van der Waals surface area contributed by atoms with Crippen LogP contribution in [0.3, 0.4) is 0 Å². The molecular formula is C15H23N3O2. The Labute approximate surface area is 120 Å². The molecule has 1 aromatic rings. The Morgan fingerprint density at radius 2 is 1.90 bits per heavy atom. The van der Waals surface area contributed by atoms with Crippen LogP contribution in [0.2, 0.25) is 0 Å². The van der Waals surface area contributed by atoms with Crippen molar-refractivity contribution >= 4 is 11.4 Å². The molecule has 20 heavy (non-hydrogen) atoms. The van der Waals surface area contributed by atoms with Gasteiger partial charge in [-0.05, 0) is 57.8 Å². The van der Waals surface area contributed by atoms with Crippen LogP contribution in [-0.2, 0) is 0 Å². The van der Waals surface area contributed by atoms with Gasteiger partial charge in [0.1, 0.15) is 0 Å². The minimum absolute atomic E-state index is 0.152. The highest BCUT2D eigenvalue weighted by Crippen LogP contribution is 2.24. The normalized spacial score (nSPS) is 16.4. The fourth-order valence-corrected chi connectivity index (χ4v) is 2.72. The van der Waals surface area contributed by atoms with Gasteiger partial charge in [0.15, 0.2) is 0 Å². The lowest BCUT2D eigenvalue weighted by Crippen LogP contribution is -2.39. The Bertz CT molecular complexity index is 439. The van der Waals surface area contributed by atoms with Crippen molar-refractivity contribution in [3.8, 4) is 0 Å². The molecule has 0 amide bonds. The van der Waals surface area contributed by atoms with Gasteiger partial charge < -0.3 is 10.2 Å². The molecule has 110 valence electrons. The number of nitrogens with zero attached hydrogens (tertiary/aromatic N) is 2. The van der Waals surface area contributed by atoms with E-state index in [9.17, 15) is 10.1 Å². The van der Waals surface area contributed by atoms with E-state index in [0.29, 0.717) is 12.0 Å². The van der Waals surface area contributed by atoms with Crippen LogP contribution in [0.15, 0.2) is 24.3 Å². The Balaban J connectivity index is 2.09. The predicted molar refractivity (Wildman–Crippen MR) is 81.2 cm³/mol. The minimum atomic E-state index is -0.351. The van der Waals surface area contributed by atoms with Crippen molar-refractivity contribution in [2.24, 2.45) is 5.92 Å². The molecule has 0 bridgehead atoms. The maximum atomic E-state index is 10.7. The Hall–Kier alpha value is -1.62.